The fourth-order valence-corrected chi connectivity index (χ4v) is 1.23. The Morgan fingerprint density at radius 1 is 1.65 bits per heavy atom. The zero-order valence-corrected chi connectivity index (χ0v) is 8.61. The standard InChI is InChI=1S/C8H2ClF2N3O3/c9-7(15)3-1-4(8(10)11)13-5(2-12)6(3)14(16)17/h1,8H. The van der Waals surface area contributed by atoms with E-state index in [1.807, 2.05) is 0 Å². The maximum Gasteiger partial charge on any atom is 0.317 e. The number of nitriles is 1. The lowest BCUT2D eigenvalue weighted by atomic mass is 10.1. The lowest BCUT2D eigenvalue weighted by Gasteiger charge is -2.03. The van der Waals surface area contributed by atoms with E-state index in [-0.39, 0.29) is 0 Å². The molecule has 0 saturated heterocycles. The van der Waals surface area contributed by atoms with E-state index in [9.17, 15) is 23.7 Å². The minimum atomic E-state index is -3.07. The SMILES string of the molecule is N#Cc1nc(C(F)F)cc(C(=O)Cl)c1[N+](=O)[O-]. The molecule has 0 aliphatic heterocycles. The highest BCUT2D eigenvalue weighted by Gasteiger charge is 2.28. The Morgan fingerprint density at radius 2 is 2.24 bits per heavy atom. The highest BCUT2D eigenvalue weighted by molar-refractivity contribution is 6.68. The summed E-state index contributed by atoms with van der Waals surface area (Å²) in [4.78, 5) is 23.5. The lowest BCUT2D eigenvalue weighted by Crippen LogP contribution is -2.06. The molecule has 17 heavy (non-hydrogen) atoms. The molecule has 0 bridgehead atoms. The van der Waals surface area contributed by atoms with Crippen LogP contribution in [-0.4, -0.2) is 15.1 Å². The fraction of sp³-hybridized carbons (Fsp3) is 0.125. The Kier molecular flexibility index (Phi) is 3.65. The number of carbonyl (C=O) groups excluding carboxylic acids is 1. The van der Waals surface area contributed by atoms with Crippen molar-refractivity contribution in [2.75, 3.05) is 0 Å². The van der Waals surface area contributed by atoms with Crippen LogP contribution in [0, 0.1) is 21.4 Å². The van der Waals surface area contributed by atoms with Crippen molar-refractivity contribution in [1.29, 1.82) is 5.26 Å². The summed E-state index contributed by atoms with van der Waals surface area (Å²) in [5, 5.41) is 17.9. The summed E-state index contributed by atoms with van der Waals surface area (Å²) in [6.45, 7) is 0. The number of halogens is 3. The first-order chi connectivity index (χ1) is 7.88. The quantitative estimate of drug-likeness (QED) is 0.472. The van der Waals surface area contributed by atoms with Crippen molar-refractivity contribution < 1.29 is 18.5 Å². The van der Waals surface area contributed by atoms with Gasteiger partial charge in [-0.2, -0.15) is 5.26 Å². The molecule has 0 N–H and O–H groups in total. The fourth-order valence-electron chi connectivity index (χ4n) is 1.08. The van der Waals surface area contributed by atoms with E-state index < -0.39 is 39.2 Å². The first-order valence-electron chi connectivity index (χ1n) is 3.96. The molecule has 0 unspecified atom stereocenters. The van der Waals surface area contributed by atoms with Crippen LogP contribution in [-0.2, 0) is 0 Å². The minimum Gasteiger partial charge on any atom is -0.275 e. The van der Waals surface area contributed by atoms with Gasteiger partial charge < -0.3 is 0 Å². The topological polar surface area (TPSA) is 96.9 Å². The molecule has 0 aliphatic carbocycles. The largest absolute Gasteiger partial charge is 0.317 e. The van der Waals surface area contributed by atoms with Gasteiger partial charge in [-0.1, -0.05) is 0 Å². The van der Waals surface area contributed by atoms with Gasteiger partial charge in [-0.15, -0.1) is 0 Å². The number of rotatable bonds is 3. The molecule has 1 rings (SSSR count). The molecule has 0 spiro atoms. The van der Waals surface area contributed by atoms with Crippen LogP contribution in [0.4, 0.5) is 14.5 Å². The van der Waals surface area contributed by atoms with E-state index in [0.717, 1.165) is 0 Å². The maximum absolute atomic E-state index is 12.4. The highest BCUT2D eigenvalue weighted by atomic mass is 35.5. The number of nitrogens with zero attached hydrogens (tertiary/aromatic N) is 3. The van der Waals surface area contributed by atoms with Crippen LogP contribution >= 0.6 is 11.6 Å². The molecule has 88 valence electrons. The van der Waals surface area contributed by atoms with Gasteiger partial charge in [-0.05, 0) is 17.7 Å². The van der Waals surface area contributed by atoms with Crippen molar-refractivity contribution in [2.45, 2.75) is 6.43 Å². The molecule has 0 fully saturated rings. The van der Waals surface area contributed by atoms with Gasteiger partial charge >= 0.3 is 5.69 Å². The number of hydrogen-bond acceptors (Lipinski definition) is 5. The summed E-state index contributed by atoms with van der Waals surface area (Å²) >= 11 is 5.03. The molecule has 0 aromatic carbocycles. The van der Waals surface area contributed by atoms with Crippen LogP contribution in [0.25, 0.3) is 0 Å². The van der Waals surface area contributed by atoms with Crippen molar-refractivity contribution >= 4 is 22.5 Å². The molecule has 0 atom stereocenters. The van der Waals surface area contributed by atoms with Crippen molar-refractivity contribution in [3.8, 4) is 6.07 Å². The Hall–Kier alpha value is -2.14. The van der Waals surface area contributed by atoms with E-state index >= 15 is 0 Å². The zero-order chi connectivity index (χ0) is 13.2. The Bertz CT molecular complexity index is 542. The molecule has 1 aromatic heterocycles. The molecule has 0 amide bonds. The van der Waals surface area contributed by atoms with Crippen LogP contribution in [0.2, 0.25) is 0 Å². The average molecular weight is 262 g/mol. The van der Waals surface area contributed by atoms with Crippen LogP contribution < -0.4 is 0 Å². The van der Waals surface area contributed by atoms with Gasteiger partial charge in [-0.3, -0.25) is 14.9 Å². The molecule has 6 nitrogen and oxygen atoms in total. The normalized spacial score (nSPS) is 10.1. The van der Waals surface area contributed by atoms with Gasteiger partial charge in [0.15, 0.2) is 0 Å². The number of nitro groups is 1. The van der Waals surface area contributed by atoms with E-state index in [2.05, 4.69) is 4.98 Å². The average Bonchev–Trinajstić information content (AvgIpc) is 2.26. The van der Waals surface area contributed by atoms with Gasteiger partial charge in [-0.25, -0.2) is 13.8 Å². The van der Waals surface area contributed by atoms with Crippen LogP contribution in [0.15, 0.2) is 6.07 Å². The van der Waals surface area contributed by atoms with Crippen molar-refractivity contribution in [3.63, 3.8) is 0 Å². The summed E-state index contributed by atoms with van der Waals surface area (Å²) in [6.07, 6.45) is -3.07. The van der Waals surface area contributed by atoms with Crippen LogP contribution in [0.3, 0.4) is 0 Å². The Morgan fingerprint density at radius 3 is 2.59 bits per heavy atom. The molecule has 0 radical (unpaired) electrons. The predicted octanol–water partition coefficient (Wildman–Crippen LogP) is 2.18. The maximum atomic E-state index is 12.4. The third kappa shape index (κ3) is 2.51. The first-order valence-corrected chi connectivity index (χ1v) is 4.33. The molecular weight excluding hydrogens is 260 g/mol. The van der Waals surface area contributed by atoms with Crippen molar-refractivity contribution in [1.82, 2.24) is 4.98 Å². The smallest absolute Gasteiger partial charge is 0.275 e. The zero-order valence-electron chi connectivity index (χ0n) is 7.85. The van der Waals surface area contributed by atoms with E-state index in [1.54, 1.807) is 0 Å². The van der Waals surface area contributed by atoms with E-state index in [4.69, 9.17) is 16.9 Å². The molecule has 1 aromatic rings. The Balaban J connectivity index is 3.65. The summed E-state index contributed by atoms with van der Waals surface area (Å²) in [5.41, 5.74) is -3.55. The summed E-state index contributed by atoms with van der Waals surface area (Å²) in [6, 6.07) is 1.77. The van der Waals surface area contributed by atoms with E-state index in [0.29, 0.717) is 6.07 Å². The number of alkyl halides is 2. The highest BCUT2D eigenvalue weighted by Crippen LogP contribution is 2.28. The van der Waals surface area contributed by atoms with Crippen molar-refractivity contribution in [2.24, 2.45) is 0 Å². The predicted molar refractivity (Wildman–Crippen MR) is 50.7 cm³/mol. The monoisotopic (exact) mass is 261 g/mol. The summed E-state index contributed by atoms with van der Waals surface area (Å²) in [7, 11) is 0. The number of aromatic nitrogens is 1. The van der Waals surface area contributed by atoms with Gasteiger partial charge in [0, 0.05) is 0 Å². The third-order valence-electron chi connectivity index (χ3n) is 1.74. The number of pyridine rings is 1. The van der Waals surface area contributed by atoms with Crippen LogP contribution in [0.5, 0.6) is 0 Å². The second-order valence-electron chi connectivity index (χ2n) is 2.74. The number of hydrogen-bond donors (Lipinski definition) is 0. The number of carbonyl (C=O) groups is 1. The van der Waals surface area contributed by atoms with Gasteiger partial charge in [0.2, 0.25) is 5.69 Å². The second-order valence-corrected chi connectivity index (χ2v) is 3.08. The molecule has 9 heteroatoms. The Labute approximate surface area is 97.6 Å². The molecule has 0 saturated carbocycles. The van der Waals surface area contributed by atoms with Gasteiger partial charge in [0.25, 0.3) is 11.7 Å². The first kappa shape index (κ1) is 12.9. The molecule has 1 heterocycles. The van der Waals surface area contributed by atoms with Gasteiger partial charge in [0.05, 0.1) is 4.92 Å². The lowest BCUT2D eigenvalue weighted by molar-refractivity contribution is -0.385. The van der Waals surface area contributed by atoms with Gasteiger partial charge in [0.1, 0.15) is 17.3 Å². The van der Waals surface area contributed by atoms with E-state index in [1.165, 1.54) is 6.07 Å². The second kappa shape index (κ2) is 4.80. The molecular formula is C8H2ClF2N3O3. The van der Waals surface area contributed by atoms with Crippen LogP contribution in [0.1, 0.15) is 28.2 Å². The summed E-state index contributed by atoms with van der Waals surface area (Å²) < 4.78 is 24.7. The minimum absolute atomic E-state index is 0.499. The summed E-state index contributed by atoms with van der Waals surface area (Å²) in [5.74, 6) is 0. The molecule has 0 aliphatic rings. The third-order valence-corrected chi connectivity index (χ3v) is 1.94. The van der Waals surface area contributed by atoms with Crippen molar-refractivity contribution in [3.05, 3.63) is 33.1 Å².